The number of nitrogens with zero attached hydrogens (tertiary/aromatic N) is 4. The number of aromatic nitrogens is 2. The molecule has 3 heterocycles. The SMILES string of the molecule is CC(C)(C)c1cc(N2C=C(c3ccccc3)N(c3[c-]c(Oc4[c-]c5c(cc4)c4cc(C(C)(C)C)ccc4n5-c4cc(C(C)(C)C)ccn4)cc(C(C)(C)c4ccccc4)c3)[CH-]2)cc(C(C)(C)C)c1.[Pt]. The fourth-order valence-corrected chi connectivity index (χ4v) is 9.11. The summed E-state index contributed by atoms with van der Waals surface area (Å²) in [6.07, 6.45) is 4.18. The average Bonchev–Trinajstić information content (AvgIpc) is 3.88. The Morgan fingerprint density at radius 3 is 1.74 bits per heavy atom. The normalized spacial score (nSPS) is 13.8. The zero-order chi connectivity index (χ0) is 48.6. The topological polar surface area (TPSA) is 33.5 Å². The molecule has 1 aliphatic heterocycles. The third kappa shape index (κ3) is 9.96. The molecule has 0 saturated carbocycles. The van der Waals surface area contributed by atoms with Crippen molar-refractivity contribution in [3.8, 4) is 17.3 Å². The first-order valence-corrected chi connectivity index (χ1v) is 24.1. The van der Waals surface area contributed by atoms with Crippen LogP contribution in [0.25, 0.3) is 33.3 Å². The van der Waals surface area contributed by atoms with E-state index in [0.717, 1.165) is 55.8 Å². The predicted molar refractivity (Wildman–Crippen MR) is 286 cm³/mol. The van der Waals surface area contributed by atoms with E-state index < -0.39 is 0 Å². The van der Waals surface area contributed by atoms with Gasteiger partial charge in [0.25, 0.3) is 0 Å². The maximum Gasteiger partial charge on any atom is 0.135 e. The van der Waals surface area contributed by atoms with Crippen molar-refractivity contribution in [2.24, 2.45) is 0 Å². The van der Waals surface area contributed by atoms with E-state index in [1.165, 1.54) is 27.8 Å². The second-order valence-corrected chi connectivity index (χ2v) is 23.3. The molecule has 0 spiro atoms. The first kappa shape index (κ1) is 49.5. The maximum atomic E-state index is 7.04. The zero-order valence-electron chi connectivity index (χ0n) is 42.9. The molecule has 2 aromatic heterocycles. The number of hydrogen-bond acceptors (Lipinski definition) is 4. The van der Waals surface area contributed by atoms with Crippen LogP contribution in [0.15, 0.2) is 146 Å². The van der Waals surface area contributed by atoms with Crippen molar-refractivity contribution in [1.82, 2.24) is 9.55 Å². The molecule has 0 fully saturated rings. The van der Waals surface area contributed by atoms with Gasteiger partial charge in [0.1, 0.15) is 5.82 Å². The minimum absolute atomic E-state index is 0. The molecule has 0 aliphatic carbocycles. The molecule has 0 amide bonds. The first-order chi connectivity index (χ1) is 31.9. The third-order valence-corrected chi connectivity index (χ3v) is 13.7. The van der Waals surface area contributed by atoms with E-state index in [1.807, 2.05) is 12.3 Å². The molecule has 6 aromatic carbocycles. The first-order valence-electron chi connectivity index (χ1n) is 24.1. The van der Waals surface area contributed by atoms with E-state index in [-0.39, 0.29) is 48.1 Å². The molecule has 0 saturated heterocycles. The number of ether oxygens (including phenoxy) is 1. The molecule has 6 heteroatoms. The summed E-state index contributed by atoms with van der Waals surface area (Å²) in [5, 5.41) is 2.26. The van der Waals surface area contributed by atoms with Crippen molar-refractivity contribution in [3.63, 3.8) is 0 Å². The minimum Gasteiger partial charge on any atom is -0.509 e. The van der Waals surface area contributed by atoms with Gasteiger partial charge in [-0.25, -0.2) is 4.98 Å². The molecule has 9 rings (SSSR count). The van der Waals surface area contributed by atoms with E-state index in [0.29, 0.717) is 11.5 Å². The van der Waals surface area contributed by atoms with Crippen LogP contribution in [-0.2, 0) is 48.1 Å². The van der Waals surface area contributed by atoms with Crippen molar-refractivity contribution in [1.29, 1.82) is 0 Å². The summed E-state index contributed by atoms with van der Waals surface area (Å²) in [7, 11) is 0. The summed E-state index contributed by atoms with van der Waals surface area (Å²) < 4.78 is 9.29. The second kappa shape index (κ2) is 18.1. The maximum absolute atomic E-state index is 7.04. The molecule has 0 bridgehead atoms. The predicted octanol–water partition coefficient (Wildman–Crippen LogP) is 16.5. The largest absolute Gasteiger partial charge is 0.509 e. The Morgan fingerprint density at radius 1 is 0.507 bits per heavy atom. The molecule has 0 N–H and O–H groups in total. The van der Waals surface area contributed by atoms with E-state index in [9.17, 15) is 0 Å². The summed E-state index contributed by atoms with van der Waals surface area (Å²) >= 11 is 0. The van der Waals surface area contributed by atoms with Crippen LogP contribution in [0, 0.1) is 18.8 Å². The summed E-state index contributed by atoms with van der Waals surface area (Å²) in [4.78, 5) is 9.51. The molecule has 358 valence electrons. The smallest absolute Gasteiger partial charge is 0.135 e. The van der Waals surface area contributed by atoms with Gasteiger partial charge in [0.15, 0.2) is 0 Å². The Hall–Kier alpha value is -5.90. The average molecular weight is 1090 g/mol. The molecular weight excluding hydrogens is 1020 g/mol. The van der Waals surface area contributed by atoms with Crippen molar-refractivity contribution < 1.29 is 25.8 Å². The van der Waals surface area contributed by atoms with Gasteiger partial charge in [0, 0.05) is 55.7 Å². The summed E-state index contributed by atoms with van der Waals surface area (Å²) in [5.41, 5.74) is 13.0. The monoisotopic (exact) mass is 1090 g/mol. The molecule has 1 aliphatic rings. The second-order valence-electron chi connectivity index (χ2n) is 23.3. The van der Waals surface area contributed by atoms with Crippen LogP contribution < -0.4 is 14.5 Å². The van der Waals surface area contributed by atoms with Crippen molar-refractivity contribution >= 4 is 38.9 Å². The molecule has 8 aromatic rings. The fraction of sp³-hybridized carbons (Fsp3) is 0.302. The molecule has 0 radical (unpaired) electrons. The Labute approximate surface area is 426 Å². The van der Waals surface area contributed by atoms with Gasteiger partial charge in [0.2, 0.25) is 0 Å². The van der Waals surface area contributed by atoms with Crippen LogP contribution in [0.3, 0.4) is 0 Å². The number of benzene rings is 6. The molecule has 0 atom stereocenters. The van der Waals surface area contributed by atoms with Gasteiger partial charge >= 0.3 is 0 Å². The van der Waals surface area contributed by atoms with Crippen LogP contribution in [-0.4, -0.2) is 9.55 Å². The van der Waals surface area contributed by atoms with E-state index in [2.05, 4.69) is 264 Å². The van der Waals surface area contributed by atoms with Crippen LogP contribution >= 0.6 is 0 Å². The molecular formula is C63H67N4OPt-3. The van der Waals surface area contributed by atoms with Gasteiger partial charge in [0.05, 0.1) is 0 Å². The van der Waals surface area contributed by atoms with Crippen LogP contribution in [0.2, 0.25) is 0 Å². The Bertz CT molecular complexity index is 3160. The van der Waals surface area contributed by atoms with E-state index in [4.69, 9.17) is 9.72 Å². The van der Waals surface area contributed by atoms with Crippen LogP contribution in [0.5, 0.6) is 11.5 Å². The zero-order valence-corrected chi connectivity index (χ0v) is 45.2. The van der Waals surface area contributed by atoms with E-state index >= 15 is 0 Å². The summed E-state index contributed by atoms with van der Waals surface area (Å²) in [5.74, 6) is 2.06. The van der Waals surface area contributed by atoms with Crippen molar-refractivity contribution in [2.45, 2.75) is 124 Å². The van der Waals surface area contributed by atoms with Gasteiger partial charge < -0.3 is 19.1 Å². The number of hydrogen-bond donors (Lipinski definition) is 0. The number of rotatable bonds is 8. The van der Waals surface area contributed by atoms with Crippen molar-refractivity contribution in [3.05, 3.63) is 204 Å². The number of pyridine rings is 1. The standard InChI is InChI=1S/C63H67N4O.Pt/c1-59(2,3)44-25-28-55-54(36-44)53-27-26-51(39-56(53)67(55)58-37-45(29-30-64-58)60(4,5)6)68-52-35-48(63(13,14)43-23-19-16-20-24-43)34-50(38-52)66-41-65(40-57(66)42-21-17-15-18-22-42)49-32-46(61(7,8)9)31-47(33-49)62(10,11)12;/h15-37,40-41H,1-14H3;/q-3;. The minimum atomic E-state index is -0.378. The fourth-order valence-electron chi connectivity index (χ4n) is 9.11. The van der Waals surface area contributed by atoms with Crippen LogP contribution in [0.4, 0.5) is 11.4 Å². The van der Waals surface area contributed by atoms with Gasteiger partial charge in [-0.05, 0) is 102 Å². The van der Waals surface area contributed by atoms with Gasteiger partial charge in [-0.1, -0.05) is 181 Å². The number of fused-ring (bicyclic) bond motifs is 3. The van der Waals surface area contributed by atoms with Gasteiger partial charge in [-0.15, -0.1) is 53.6 Å². The quantitative estimate of drug-likeness (QED) is 0.142. The molecule has 69 heavy (non-hydrogen) atoms. The Morgan fingerprint density at radius 2 is 1.12 bits per heavy atom. The third-order valence-electron chi connectivity index (χ3n) is 13.7. The molecule has 5 nitrogen and oxygen atoms in total. The Balaban J connectivity index is 0.00000642. The summed E-state index contributed by atoms with van der Waals surface area (Å²) in [6, 6.07) is 55.8. The van der Waals surface area contributed by atoms with Gasteiger partial charge in [-0.3, -0.25) is 0 Å². The van der Waals surface area contributed by atoms with Crippen LogP contribution in [0.1, 0.15) is 136 Å². The van der Waals surface area contributed by atoms with E-state index in [1.54, 1.807) is 0 Å². The van der Waals surface area contributed by atoms with Gasteiger partial charge in [-0.2, -0.15) is 6.07 Å². The number of anilines is 2. The molecule has 0 unspecified atom stereocenters. The Kier molecular flexibility index (Phi) is 13.0. The summed E-state index contributed by atoms with van der Waals surface area (Å²) in [6.45, 7) is 34.0. The van der Waals surface area contributed by atoms with Crippen molar-refractivity contribution in [2.75, 3.05) is 9.80 Å².